The van der Waals surface area contributed by atoms with Crippen LogP contribution in [0.5, 0.6) is 5.75 Å². The van der Waals surface area contributed by atoms with Crippen LogP contribution >= 0.6 is 0 Å². The fourth-order valence-corrected chi connectivity index (χ4v) is 4.12. The zero-order valence-electron chi connectivity index (χ0n) is 19.2. The summed E-state index contributed by atoms with van der Waals surface area (Å²) in [6.45, 7) is 3.52. The van der Waals surface area contributed by atoms with Gasteiger partial charge in [-0.1, -0.05) is 37.5 Å². The van der Waals surface area contributed by atoms with Gasteiger partial charge in [0.1, 0.15) is 5.75 Å². The largest absolute Gasteiger partial charge is 0.496 e. The molecule has 0 aromatic heterocycles. The first-order valence-electron chi connectivity index (χ1n) is 11.6. The van der Waals surface area contributed by atoms with E-state index in [2.05, 4.69) is 16.0 Å². The molecule has 1 saturated carbocycles. The summed E-state index contributed by atoms with van der Waals surface area (Å²) in [4.78, 5) is 25.0. The third-order valence-corrected chi connectivity index (χ3v) is 5.92. The van der Waals surface area contributed by atoms with E-state index in [-0.39, 0.29) is 18.2 Å². The van der Waals surface area contributed by atoms with Gasteiger partial charge in [0.05, 0.1) is 13.5 Å². The van der Waals surface area contributed by atoms with Gasteiger partial charge in [0, 0.05) is 29.9 Å². The fourth-order valence-electron chi connectivity index (χ4n) is 4.12. The van der Waals surface area contributed by atoms with E-state index in [1.807, 2.05) is 31.2 Å². The third kappa shape index (κ3) is 7.38. The summed E-state index contributed by atoms with van der Waals surface area (Å²) in [6, 6.07) is 13.4. The maximum atomic E-state index is 12.5. The molecule has 0 spiro atoms. The Bertz CT molecular complexity index is 907. The Morgan fingerprint density at radius 3 is 2.62 bits per heavy atom. The number of nitrogens with one attached hydrogen (secondary N) is 3. The molecule has 0 bridgehead atoms. The highest BCUT2D eigenvalue weighted by Crippen LogP contribution is 2.22. The number of methoxy groups -OCH3 is 1. The van der Waals surface area contributed by atoms with Gasteiger partial charge in [-0.25, -0.2) is 0 Å². The number of aryl methyl sites for hydroxylation is 1. The molecular formula is C26H35N3O3. The molecule has 3 N–H and O–H groups in total. The molecular weight excluding hydrogens is 402 g/mol. The Kier molecular flexibility index (Phi) is 9.11. The maximum absolute atomic E-state index is 12.5. The molecule has 0 unspecified atom stereocenters. The second-order valence-corrected chi connectivity index (χ2v) is 8.51. The Morgan fingerprint density at radius 1 is 1.03 bits per heavy atom. The van der Waals surface area contributed by atoms with Crippen LogP contribution in [0.3, 0.4) is 0 Å². The summed E-state index contributed by atoms with van der Waals surface area (Å²) in [5, 5.41) is 9.46. The minimum atomic E-state index is -0.137. The van der Waals surface area contributed by atoms with E-state index in [9.17, 15) is 9.59 Å². The van der Waals surface area contributed by atoms with Crippen LogP contribution in [0.2, 0.25) is 0 Å². The van der Waals surface area contributed by atoms with Gasteiger partial charge in [-0.15, -0.1) is 0 Å². The van der Waals surface area contributed by atoms with E-state index < -0.39 is 0 Å². The number of ether oxygens (including phenoxy) is 1. The van der Waals surface area contributed by atoms with Gasteiger partial charge in [-0.05, 0) is 62.1 Å². The van der Waals surface area contributed by atoms with E-state index in [4.69, 9.17) is 4.74 Å². The lowest BCUT2D eigenvalue weighted by Crippen LogP contribution is -2.34. The number of hydrogen-bond acceptors (Lipinski definition) is 4. The van der Waals surface area contributed by atoms with Gasteiger partial charge in [0.15, 0.2) is 0 Å². The molecule has 0 radical (unpaired) electrons. The average molecular weight is 438 g/mol. The number of carbonyl (C=O) groups excluding carboxylic acids is 2. The molecule has 0 atom stereocenters. The molecule has 2 aromatic carbocycles. The number of benzene rings is 2. The highest BCUT2D eigenvalue weighted by molar-refractivity contribution is 5.95. The monoisotopic (exact) mass is 437 g/mol. The van der Waals surface area contributed by atoms with Gasteiger partial charge < -0.3 is 20.7 Å². The van der Waals surface area contributed by atoms with Crippen molar-refractivity contribution in [2.75, 3.05) is 25.5 Å². The van der Waals surface area contributed by atoms with Crippen molar-refractivity contribution in [2.45, 2.75) is 57.9 Å². The van der Waals surface area contributed by atoms with E-state index in [1.54, 1.807) is 25.3 Å². The van der Waals surface area contributed by atoms with Gasteiger partial charge in [0.2, 0.25) is 5.91 Å². The topological polar surface area (TPSA) is 79.5 Å². The second-order valence-electron chi connectivity index (χ2n) is 8.51. The van der Waals surface area contributed by atoms with Crippen molar-refractivity contribution in [1.82, 2.24) is 10.6 Å². The van der Waals surface area contributed by atoms with Crippen LogP contribution < -0.4 is 20.7 Å². The first-order chi connectivity index (χ1) is 15.5. The van der Waals surface area contributed by atoms with Crippen LogP contribution in [-0.4, -0.2) is 38.1 Å². The van der Waals surface area contributed by atoms with Crippen molar-refractivity contribution in [3.63, 3.8) is 0 Å². The summed E-state index contributed by atoms with van der Waals surface area (Å²) < 4.78 is 5.31. The molecule has 1 fully saturated rings. The number of anilines is 1. The molecule has 0 heterocycles. The van der Waals surface area contributed by atoms with Gasteiger partial charge in [-0.2, -0.15) is 0 Å². The summed E-state index contributed by atoms with van der Waals surface area (Å²) in [5.41, 5.74) is 3.07. The van der Waals surface area contributed by atoms with Crippen LogP contribution in [0.25, 0.3) is 0 Å². The second kappa shape index (κ2) is 12.2. The average Bonchev–Trinajstić information content (AvgIpc) is 2.80. The molecule has 0 saturated heterocycles. The predicted octanol–water partition coefficient (Wildman–Crippen LogP) is 4.23. The molecule has 6 heteroatoms. The van der Waals surface area contributed by atoms with Crippen LogP contribution in [0.4, 0.5) is 5.69 Å². The SMILES string of the molecule is COc1cc(NC(=O)Cc2cccc(C(=O)NCCCNC3CCCCC3)c2)ccc1C. The molecule has 1 aliphatic carbocycles. The summed E-state index contributed by atoms with van der Waals surface area (Å²) in [6.07, 6.45) is 7.64. The van der Waals surface area contributed by atoms with Crippen molar-refractivity contribution < 1.29 is 14.3 Å². The molecule has 32 heavy (non-hydrogen) atoms. The first-order valence-corrected chi connectivity index (χ1v) is 11.6. The van der Waals surface area contributed by atoms with Crippen molar-refractivity contribution in [3.8, 4) is 5.75 Å². The summed E-state index contributed by atoms with van der Waals surface area (Å²) in [7, 11) is 1.61. The summed E-state index contributed by atoms with van der Waals surface area (Å²) >= 11 is 0. The van der Waals surface area contributed by atoms with Crippen LogP contribution in [-0.2, 0) is 11.2 Å². The zero-order valence-corrected chi connectivity index (χ0v) is 19.2. The molecule has 2 aromatic rings. The minimum Gasteiger partial charge on any atom is -0.496 e. The normalized spacial score (nSPS) is 14.1. The lowest BCUT2D eigenvalue weighted by molar-refractivity contribution is -0.115. The number of carbonyl (C=O) groups is 2. The molecule has 0 aliphatic heterocycles. The third-order valence-electron chi connectivity index (χ3n) is 5.92. The van der Waals surface area contributed by atoms with Gasteiger partial charge >= 0.3 is 0 Å². The quantitative estimate of drug-likeness (QED) is 0.486. The lowest BCUT2D eigenvalue weighted by atomic mass is 9.95. The van der Waals surface area contributed by atoms with Crippen molar-refractivity contribution in [3.05, 3.63) is 59.2 Å². The fraction of sp³-hybridized carbons (Fsp3) is 0.462. The Morgan fingerprint density at radius 2 is 1.84 bits per heavy atom. The number of amides is 2. The van der Waals surface area contributed by atoms with E-state index >= 15 is 0 Å². The van der Waals surface area contributed by atoms with E-state index in [0.29, 0.717) is 23.8 Å². The van der Waals surface area contributed by atoms with Crippen molar-refractivity contribution >= 4 is 17.5 Å². The highest BCUT2D eigenvalue weighted by atomic mass is 16.5. The van der Waals surface area contributed by atoms with E-state index in [1.165, 1.54) is 32.1 Å². The molecule has 172 valence electrons. The van der Waals surface area contributed by atoms with E-state index in [0.717, 1.165) is 29.8 Å². The van der Waals surface area contributed by atoms with Crippen molar-refractivity contribution in [1.29, 1.82) is 0 Å². The highest BCUT2D eigenvalue weighted by Gasteiger charge is 2.12. The number of hydrogen-bond donors (Lipinski definition) is 3. The Hall–Kier alpha value is -2.86. The van der Waals surface area contributed by atoms with Gasteiger partial charge in [0.25, 0.3) is 5.91 Å². The summed E-state index contributed by atoms with van der Waals surface area (Å²) in [5.74, 6) is 0.492. The number of rotatable bonds is 10. The minimum absolute atomic E-state index is 0.104. The van der Waals surface area contributed by atoms with Gasteiger partial charge in [-0.3, -0.25) is 9.59 Å². The molecule has 3 rings (SSSR count). The molecule has 1 aliphatic rings. The molecule has 2 amide bonds. The van der Waals surface area contributed by atoms with Crippen LogP contribution in [0.1, 0.15) is 60.0 Å². The van der Waals surface area contributed by atoms with Crippen molar-refractivity contribution in [2.24, 2.45) is 0 Å². The Labute approximate surface area is 191 Å². The Balaban J connectivity index is 1.43. The smallest absolute Gasteiger partial charge is 0.251 e. The van der Waals surface area contributed by atoms with Crippen LogP contribution in [0.15, 0.2) is 42.5 Å². The first kappa shape index (κ1) is 23.8. The maximum Gasteiger partial charge on any atom is 0.251 e. The van der Waals surface area contributed by atoms with Crippen LogP contribution in [0, 0.1) is 6.92 Å². The lowest BCUT2D eigenvalue weighted by Gasteiger charge is -2.22. The zero-order chi connectivity index (χ0) is 22.8. The predicted molar refractivity (Wildman–Crippen MR) is 128 cm³/mol. The standard InChI is InChI=1S/C26H35N3O3/c1-19-12-13-23(18-24(19)32-2)29-25(30)17-20-8-6-9-21(16-20)26(31)28-15-7-14-27-22-10-4-3-5-11-22/h6,8-9,12-13,16,18,22,27H,3-5,7,10-11,14-15,17H2,1-2H3,(H,28,31)(H,29,30). The molecule has 6 nitrogen and oxygen atoms in total.